The van der Waals surface area contributed by atoms with Gasteiger partial charge in [-0.25, -0.2) is 4.39 Å². The molecule has 0 radical (unpaired) electrons. The standard InChI is InChI=1S/C15H13BrFNO/c1-2-10-3-6-12(7-4-10)18-15(19)13-8-5-11(17)9-14(13)16/h3-9H,2H2,1H3,(H,18,19). The molecule has 0 heterocycles. The molecule has 0 saturated heterocycles. The first kappa shape index (κ1) is 13.7. The lowest BCUT2D eigenvalue weighted by atomic mass is 10.1. The summed E-state index contributed by atoms with van der Waals surface area (Å²) in [7, 11) is 0. The zero-order valence-electron chi connectivity index (χ0n) is 10.4. The predicted octanol–water partition coefficient (Wildman–Crippen LogP) is 4.40. The number of rotatable bonds is 3. The minimum atomic E-state index is -0.379. The quantitative estimate of drug-likeness (QED) is 0.891. The zero-order valence-corrected chi connectivity index (χ0v) is 12.0. The van der Waals surface area contributed by atoms with Crippen LogP contribution in [0.25, 0.3) is 0 Å². The molecule has 0 saturated carbocycles. The van der Waals surface area contributed by atoms with E-state index in [9.17, 15) is 9.18 Å². The molecule has 0 unspecified atom stereocenters. The van der Waals surface area contributed by atoms with E-state index < -0.39 is 0 Å². The summed E-state index contributed by atoms with van der Waals surface area (Å²) in [5, 5.41) is 2.78. The van der Waals surface area contributed by atoms with Gasteiger partial charge in [-0.05, 0) is 58.2 Å². The Morgan fingerprint density at radius 3 is 2.47 bits per heavy atom. The van der Waals surface area contributed by atoms with Crippen LogP contribution in [0.1, 0.15) is 22.8 Å². The van der Waals surface area contributed by atoms with Gasteiger partial charge < -0.3 is 5.32 Å². The van der Waals surface area contributed by atoms with Crippen LogP contribution in [0.4, 0.5) is 10.1 Å². The van der Waals surface area contributed by atoms with Crippen molar-refractivity contribution in [1.82, 2.24) is 0 Å². The molecule has 98 valence electrons. The van der Waals surface area contributed by atoms with Crippen LogP contribution in [0.5, 0.6) is 0 Å². The zero-order chi connectivity index (χ0) is 13.8. The van der Waals surface area contributed by atoms with Crippen molar-refractivity contribution in [1.29, 1.82) is 0 Å². The maximum atomic E-state index is 13.0. The number of amides is 1. The summed E-state index contributed by atoms with van der Waals surface area (Å²) in [5.74, 6) is -0.646. The third kappa shape index (κ3) is 3.41. The number of carbonyl (C=O) groups is 1. The molecule has 0 atom stereocenters. The van der Waals surface area contributed by atoms with E-state index in [2.05, 4.69) is 28.2 Å². The minimum Gasteiger partial charge on any atom is -0.322 e. The first-order valence-corrected chi connectivity index (χ1v) is 6.75. The molecule has 0 spiro atoms. The monoisotopic (exact) mass is 321 g/mol. The second-order valence-electron chi connectivity index (χ2n) is 4.13. The number of carbonyl (C=O) groups excluding carboxylic acids is 1. The highest BCUT2D eigenvalue weighted by atomic mass is 79.9. The number of nitrogens with one attached hydrogen (secondary N) is 1. The van der Waals surface area contributed by atoms with Crippen LogP contribution in [0, 0.1) is 5.82 Å². The van der Waals surface area contributed by atoms with Gasteiger partial charge in [-0.2, -0.15) is 0 Å². The summed E-state index contributed by atoms with van der Waals surface area (Å²) in [6.45, 7) is 2.07. The topological polar surface area (TPSA) is 29.1 Å². The largest absolute Gasteiger partial charge is 0.322 e. The average molecular weight is 322 g/mol. The number of anilines is 1. The molecule has 1 N–H and O–H groups in total. The predicted molar refractivity (Wildman–Crippen MR) is 77.9 cm³/mol. The molecular weight excluding hydrogens is 309 g/mol. The molecule has 0 bridgehead atoms. The van der Waals surface area contributed by atoms with Gasteiger partial charge >= 0.3 is 0 Å². The molecule has 0 aromatic heterocycles. The molecule has 0 aliphatic rings. The lowest BCUT2D eigenvalue weighted by Gasteiger charge is -2.07. The van der Waals surface area contributed by atoms with Crippen LogP contribution in [-0.2, 0) is 6.42 Å². The van der Waals surface area contributed by atoms with E-state index in [4.69, 9.17) is 0 Å². The summed E-state index contributed by atoms with van der Waals surface area (Å²) in [5.41, 5.74) is 2.33. The van der Waals surface area contributed by atoms with Gasteiger partial charge in [0.15, 0.2) is 0 Å². The van der Waals surface area contributed by atoms with E-state index >= 15 is 0 Å². The van der Waals surface area contributed by atoms with E-state index in [-0.39, 0.29) is 11.7 Å². The Hall–Kier alpha value is -1.68. The molecule has 0 fully saturated rings. The van der Waals surface area contributed by atoms with Crippen molar-refractivity contribution in [3.05, 3.63) is 63.9 Å². The SMILES string of the molecule is CCc1ccc(NC(=O)c2ccc(F)cc2Br)cc1. The van der Waals surface area contributed by atoms with Gasteiger partial charge in [-0.15, -0.1) is 0 Å². The molecule has 19 heavy (non-hydrogen) atoms. The summed E-state index contributed by atoms with van der Waals surface area (Å²) in [4.78, 5) is 12.0. The minimum absolute atomic E-state index is 0.267. The Bertz CT molecular complexity index is 596. The third-order valence-electron chi connectivity index (χ3n) is 2.80. The number of benzene rings is 2. The first-order chi connectivity index (χ1) is 9.10. The van der Waals surface area contributed by atoms with Crippen LogP contribution in [-0.4, -0.2) is 5.91 Å². The van der Waals surface area contributed by atoms with Crippen molar-refractivity contribution in [3.8, 4) is 0 Å². The molecule has 2 aromatic carbocycles. The van der Waals surface area contributed by atoms with Crippen molar-refractivity contribution < 1.29 is 9.18 Å². The van der Waals surface area contributed by atoms with Gasteiger partial charge in [-0.1, -0.05) is 19.1 Å². The molecule has 2 rings (SSSR count). The Balaban J connectivity index is 2.15. The van der Waals surface area contributed by atoms with Crippen LogP contribution in [0.15, 0.2) is 46.9 Å². The van der Waals surface area contributed by atoms with E-state index in [1.807, 2.05) is 24.3 Å². The fourth-order valence-electron chi connectivity index (χ4n) is 1.70. The van der Waals surface area contributed by atoms with E-state index in [0.29, 0.717) is 10.0 Å². The highest BCUT2D eigenvalue weighted by molar-refractivity contribution is 9.10. The van der Waals surface area contributed by atoms with Gasteiger partial charge in [0.25, 0.3) is 5.91 Å². The number of hydrogen-bond donors (Lipinski definition) is 1. The molecule has 4 heteroatoms. The van der Waals surface area contributed by atoms with Crippen LogP contribution in [0.3, 0.4) is 0 Å². The molecule has 0 aliphatic heterocycles. The van der Waals surface area contributed by atoms with E-state index in [1.54, 1.807) is 0 Å². The van der Waals surface area contributed by atoms with Gasteiger partial charge in [0.05, 0.1) is 5.56 Å². The van der Waals surface area contributed by atoms with Crippen LogP contribution in [0.2, 0.25) is 0 Å². The fraction of sp³-hybridized carbons (Fsp3) is 0.133. The highest BCUT2D eigenvalue weighted by Gasteiger charge is 2.10. The molecule has 2 aromatic rings. The second-order valence-corrected chi connectivity index (χ2v) is 4.98. The van der Waals surface area contributed by atoms with Crippen molar-refractivity contribution in [2.75, 3.05) is 5.32 Å². The number of hydrogen-bond acceptors (Lipinski definition) is 1. The summed E-state index contributed by atoms with van der Waals surface area (Å²) in [6, 6.07) is 11.6. The van der Waals surface area contributed by atoms with Crippen LogP contribution < -0.4 is 5.32 Å². The first-order valence-electron chi connectivity index (χ1n) is 5.95. The van der Waals surface area contributed by atoms with Gasteiger partial charge in [-0.3, -0.25) is 4.79 Å². The average Bonchev–Trinajstić information content (AvgIpc) is 2.39. The smallest absolute Gasteiger partial charge is 0.256 e. The lowest BCUT2D eigenvalue weighted by Crippen LogP contribution is -2.12. The third-order valence-corrected chi connectivity index (χ3v) is 3.45. The highest BCUT2D eigenvalue weighted by Crippen LogP contribution is 2.20. The lowest BCUT2D eigenvalue weighted by molar-refractivity contribution is 0.102. The van der Waals surface area contributed by atoms with E-state index in [1.165, 1.54) is 23.8 Å². The van der Waals surface area contributed by atoms with Crippen molar-refractivity contribution >= 4 is 27.5 Å². The number of halogens is 2. The van der Waals surface area contributed by atoms with Crippen molar-refractivity contribution in [3.63, 3.8) is 0 Å². The Morgan fingerprint density at radius 1 is 1.21 bits per heavy atom. The summed E-state index contributed by atoms with van der Waals surface area (Å²) < 4.78 is 13.4. The molecular formula is C15H13BrFNO. The number of aryl methyl sites for hydroxylation is 1. The maximum Gasteiger partial charge on any atom is 0.256 e. The Kier molecular flexibility index (Phi) is 4.32. The van der Waals surface area contributed by atoms with E-state index in [0.717, 1.165) is 12.1 Å². The fourth-order valence-corrected chi connectivity index (χ4v) is 2.23. The molecule has 2 nitrogen and oxygen atoms in total. The van der Waals surface area contributed by atoms with Gasteiger partial charge in [0, 0.05) is 10.2 Å². The molecule has 1 amide bonds. The van der Waals surface area contributed by atoms with Gasteiger partial charge in [0.1, 0.15) is 5.82 Å². The molecule has 0 aliphatic carbocycles. The summed E-state index contributed by atoms with van der Waals surface area (Å²) >= 11 is 3.18. The second kappa shape index (κ2) is 5.97. The van der Waals surface area contributed by atoms with Gasteiger partial charge in [0.2, 0.25) is 0 Å². The summed E-state index contributed by atoms with van der Waals surface area (Å²) in [6.07, 6.45) is 0.956. The Morgan fingerprint density at radius 2 is 1.89 bits per heavy atom. The normalized spacial score (nSPS) is 10.3. The van der Waals surface area contributed by atoms with Crippen molar-refractivity contribution in [2.45, 2.75) is 13.3 Å². The Labute approximate surface area is 119 Å². The van der Waals surface area contributed by atoms with Crippen molar-refractivity contribution in [2.24, 2.45) is 0 Å². The van der Waals surface area contributed by atoms with Crippen LogP contribution >= 0.6 is 15.9 Å². The maximum absolute atomic E-state index is 13.0.